The summed E-state index contributed by atoms with van der Waals surface area (Å²) in [6.45, 7) is 4.46. The molecule has 0 aromatic heterocycles. The van der Waals surface area contributed by atoms with Gasteiger partial charge in [0.05, 0.1) is 0 Å². The summed E-state index contributed by atoms with van der Waals surface area (Å²) in [6, 6.07) is 5.96. The molecule has 1 nitrogen and oxygen atoms in total. The maximum atomic E-state index is 6.25. The van der Waals surface area contributed by atoms with E-state index < -0.39 is 0 Å². The summed E-state index contributed by atoms with van der Waals surface area (Å²) in [5, 5.41) is 0.799. The first-order valence-electron chi connectivity index (χ1n) is 6.22. The minimum Gasteiger partial charge on any atom is -0.487 e. The molecule has 3 rings (SSSR count). The van der Waals surface area contributed by atoms with Crippen LogP contribution in [0.2, 0.25) is 5.02 Å². The predicted molar refractivity (Wildman–Crippen MR) is 70.7 cm³/mol. The lowest BCUT2D eigenvalue weighted by atomic mass is 9.71. The highest BCUT2D eigenvalue weighted by Gasteiger charge is 2.42. The van der Waals surface area contributed by atoms with Gasteiger partial charge in [-0.05, 0) is 56.9 Å². The molecule has 17 heavy (non-hydrogen) atoms. The third-order valence-electron chi connectivity index (χ3n) is 4.18. The molecule has 1 aromatic carbocycles. The Balaban J connectivity index is 2.05. The molecule has 0 bridgehead atoms. The lowest BCUT2D eigenvalue weighted by Crippen LogP contribution is -2.47. The Morgan fingerprint density at radius 1 is 1.41 bits per heavy atom. The maximum Gasteiger partial charge on any atom is 0.123 e. The normalized spacial score (nSPS) is 31.0. The van der Waals surface area contributed by atoms with Crippen molar-refractivity contribution >= 4 is 11.6 Å². The number of benzene rings is 1. The largest absolute Gasteiger partial charge is 0.487 e. The van der Waals surface area contributed by atoms with E-state index >= 15 is 0 Å². The molecule has 2 aliphatic rings. The molecule has 0 saturated carbocycles. The van der Waals surface area contributed by atoms with Crippen molar-refractivity contribution in [3.8, 4) is 5.75 Å². The Kier molecular flexibility index (Phi) is 2.48. The summed E-state index contributed by atoms with van der Waals surface area (Å²) in [6.07, 6.45) is 5.64. The van der Waals surface area contributed by atoms with E-state index in [9.17, 15) is 0 Å². The summed E-state index contributed by atoms with van der Waals surface area (Å²) in [5.74, 6) is 1.52. The van der Waals surface area contributed by atoms with Gasteiger partial charge in [-0.25, -0.2) is 0 Å². The Morgan fingerprint density at radius 3 is 3.06 bits per heavy atom. The summed E-state index contributed by atoms with van der Waals surface area (Å²) >= 11 is 6.05. The number of allylic oxidation sites excluding steroid dienone is 1. The Hall–Kier alpha value is -0.950. The van der Waals surface area contributed by atoms with E-state index in [4.69, 9.17) is 16.3 Å². The number of halogens is 1. The zero-order valence-electron chi connectivity index (χ0n) is 10.3. The van der Waals surface area contributed by atoms with E-state index in [0.717, 1.165) is 30.0 Å². The maximum absolute atomic E-state index is 6.25. The molecular formula is C15H17ClO. The van der Waals surface area contributed by atoms with Crippen molar-refractivity contribution in [3.05, 3.63) is 40.4 Å². The number of ether oxygens (including phenoxy) is 1. The van der Waals surface area contributed by atoms with Gasteiger partial charge in [0.2, 0.25) is 0 Å². The number of hydrogen-bond acceptors (Lipinski definition) is 1. The molecule has 1 aliphatic carbocycles. The molecule has 1 heterocycles. The third kappa shape index (κ3) is 1.77. The van der Waals surface area contributed by atoms with Crippen molar-refractivity contribution in [2.45, 2.75) is 38.7 Å². The Labute approximate surface area is 107 Å². The SMILES string of the molecule is CC1=CCC[C@]2(C)Oc3ccc(Cl)cc3C[C@@H]12. The van der Waals surface area contributed by atoms with Crippen molar-refractivity contribution in [2.75, 3.05) is 0 Å². The fraction of sp³-hybridized carbons (Fsp3) is 0.467. The zero-order chi connectivity index (χ0) is 12.0. The topological polar surface area (TPSA) is 9.23 Å². The van der Waals surface area contributed by atoms with Crippen LogP contribution in [0.25, 0.3) is 0 Å². The van der Waals surface area contributed by atoms with Crippen molar-refractivity contribution in [1.82, 2.24) is 0 Å². The molecule has 0 radical (unpaired) electrons. The van der Waals surface area contributed by atoms with Crippen LogP contribution in [0.15, 0.2) is 29.8 Å². The molecule has 2 heteroatoms. The van der Waals surface area contributed by atoms with Crippen LogP contribution in [0.5, 0.6) is 5.75 Å². The average Bonchev–Trinajstić information content (AvgIpc) is 2.28. The average molecular weight is 249 g/mol. The fourth-order valence-corrected chi connectivity index (χ4v) is 3.36. The summed E-state index contributed by atoms with van der Waals surface area (Å²) in [5.41, 5.74) is 2.68. The standard InChI is InChI=1S/C15H17ClO/c1-10-4-3-7-15(2)13(10)9-11-8-12(16)5-6-14(11)17-15/h4-6,8,13H,3,7,9H2,1-2H3/t13-,15-/m0/s1. The molecule has 1 aromatic rings. The van der Waals surface area contributed by atoms with Gasteiger partial charge < -0.3 is 4.74 Å². The van der Waals surface area contributed by atoms with E-state index in [1.807, 2.05) is 18.2 Å². The molecule has 1 aliphatic heterocycles. The number of fused-ring (bicyclic) bond motifs is 2. The highest BCUT2D eigenvalue weighted by Crippen LogP contribution is 2.45. The molecule has 0 N–H and O–H groups in total. The van der Waals surface area contributed by atoms with Crippen molar-refractivity contribution in [1.29, 1.82) is 0 Å². The second kappa shape index (κ2) is 3.78. The van der Waals surface area contributed by atoms with Gasteiger partial charge >= 0.3 is 0 Å². The summed E-state index contributed by atoms with van der Waals surface area (Å²) in [7, 11) is 0. The van der Waals surface area contributed by atoms with Gasteiger partial charge in [0.15, 0.2) is 0 Å². The Bertz CT molecular complexity index is 492. The highest BCUT2D eigenvalue weighted by molar-refractivity contribution is 6.30. The van der Waals surface area contributed by atoms with E-state index in [1.165, 1.54) is 11.1 Å². The fourth-order valence-electron chi connectivity index (χ4n) is 3.16. The first-order chi connectivity index (χ1) is 8.08. The van der Waals surface area contributed by atoms with Crippen LogP contribution in [0.4, 0.5) is 0 Å². The second-order valence-corrected chi connectivity index (χ2v) is 5.85. The quantitative estimate of drug-likeness (QED) is 0.619. The van der Waals surface area contributed by atoms with Gasteiger partial charge in [0.1, 0.15) is 11.4 Å². The third-order valence-corrected chi connectivity index (χ3v) is 4.42. The van der Waals surface area contributed by atoms with Crippen molar-refractivity contribution in [3.63, 3.8) is 0 Å². The van der Waals surface area contributed by atoms with E-state index in [-0.39, 0.29) is 5.60 Å². The zero-order valence-corrected chi connectivity index (χ0v) is 11.1. The van der Waals surface area contributed by atoms with Gasteiger partial charge in [-0.3, -0.25) is 0 Å². The van der Waals surface area contributed by atoms with Crippen LogP contribution in [0, 0.1) is 5.92 Å². The van der Waals surface area contributed by atoms with Gasteiger partial charge in [-0.1, -0.05) is 23.3 Å². The molecule has 0 spiro atoms. The van der Waals surface area contributed by atoms with E-state index in [0.29, 0.717) is 5.92 Å². The van der Waals surface area contributed by atoms with E-state index in [2.05, 4.69) is 19.9 Å². The van der Waals surface area contributed by atoms with Crippen LogP contribution < -0.4 is 4.74 Å². The molecule has 90 valence electrons. The van der Waals surface area contributed by atoms with Crippen molar-refractivity contribution in [2.24, 2.45) is 5.92 Å². The molecule has 0 saturated heterocycles. The van der Waals surface area contributed by atoms with Gasteiger partial charge in [0, 0.05) is 10.9 Å². The molecule has 0 fully saturated rings. The molecule has 0 amide bonds. The lowest BCUT2D eigenvalue weighted by molar-refractivity contribution is 0.0122. The minimum absolute atomic E-state index is 0.0281. The van der Waals surface area contributed by atoms with Crippen LogP contribution in [0.1, 0.15) is 32.3 Å². The highest BCUT2D eigenvalue weighted by atomic mass is 35.5. The Morgan fingerprint density at radius 2 is 2.24 bits per heavy atom. The lowest BCUT2D eigenvalue weighted by Gasteiger charge is -2.45. The summed E-state index contributed by atoms with van der Waals surface area (Å²) in [4.78, 5) is 0. The molecule has 2 atom stereocenters. The first kappa shape index (κ1) is 11.2. The second-order valence-electron chi connectivity index (χ2n) is 5.41. The summed E-state index contributed by atoms with van der Waals surface area (Å²) < 4.78 is 6.25. The molecular weight excluding hydrogens is 232 g/mol. The van der Waals surface area contributed by atoms with Crippen molar-refractivity contribution < 1.29 is 4.74 Å². The molecule has 0 unspecified atom stereocenters. The van der Waals surface area contributed by atoms with E-state index in [1.54, 1.807) is 0 Å². The smallest absolute Gasteiger partial charge is 0.123 e. The van der Waals surface area contributed by atoms with Gasteiger partial charge in [-0.2, -0.15) is 0 Å². The van der Waals surface area contributed by atoms with Crippen LogP contribution in [-0.4, -0.2) is 5.60 Å². The first-order valence-corrected chi connectivity index (χ1v) is 6.60. The number of hydrogen-bond donors (Lipinski definition) is 0. The van der Waals surface area contributed by atoms with Gasteiger partial charge in [0.25, 0.3) is 0 Å². The predicted octanol–water partition coefficient (Wildman–Crippen LogP) is 4.39. The van der Waals surface area contributed by atoms with Crippen LogP contribution >= 0.6 is 11.6 Å². The monoisotopic (exact) mass is 248 g/mol. The minimum atomic E-state index is -0.0281. The van der Waals surface area contributed by atoms with Crippen LogP contribution in [-0.2, 0) is 6.42 Å². The number of rotatable bonds is 0. The van der Waals surface area contributed by atoms with Gasteiger partial charge in [-0.15, -0.1) is 0 Å². The van der Waals surface area contributed by atoms with Crippen LogP contribution in [0.3, 0.4) is 0 Å².